The van der Waals surface area contributed by atoms with Gasteiger partial charge in [-0.25, -0.2) is 8.78 Å². The average Bonchev–Trinajstić information content (AvgIpc) is 2.33. The summed E-state index contributed by atoms with van der Waals surface area (Å²) in [5, 5.41) is 0.302. The Morgan fingerprint density at radius 1 is 1.11 bits per heavy atom. The third-order valence-electron chi connectivity index (χ3n) is 2.34. The third-order valence-corrected chi connectivity index (χ3v) is 3.30. The molecule has 0 aliphatic rings. The molecule has 0 atom stereocenters. The molecule has 18 heavy (non-hydrogen) atoms. The molecular weight excluding hydrogens is 325 g/mol. The van der Waals surface area contributed by atoms with Gasteiger partial charge in [0.15, 0.2) is 0 Å². The lowest BCUT2D eigenvalue weighted by atomic mass is 10.2. The first-order valence-corrected chi connectivity index (χ1v) is 6.26. The molecule has 0 aliphatic heterocycles. The van der Waals surface area contributed by atoms with Crippen LogP contribution in [0.4, 0.5) is 8.78 Å². The maximum atomic E-state index is 13.5. The number of rotatable bonds is 3. The average molecular weight is 334 g/mol. The fraction of sp³-hybridized carbons (Fsp3) is 0.0769. The fourth-order valence-electron chi connectivity index (χ4n) is 1.39. The van der Waals surface area contributed by atoms with Crippen LogP contribution in [0.1, 0.15) is 5.56 Å². The normalized spacial score (nSPS) is 10.4. The molecule has 0 saturated heterocycles. The van der Waals surface area contributed by atoms with Crippen molar-refractivity contribution in [3.63, 3.8) is 0 Å². The molecule has 0 N–H and O–H groups in total. The highest BCUT2D eigenvalue weighted by molar-refractivity contribution is 9.10. The van der Waals surface area contributed by atoms with Crippen LogP contribution in [0.25, 0.3) is 0 Å². The number of ether oxygens (including phenoxy) is 1. The van der Waals surface area contributed by atoms with Gasteiger partial charge in [-0.2, -0.15) is 0 Å². The van der Waals surface area contributed by atoms with Gasteiger partial charge in [-0.15, -0.1) is 0 Å². The van der Waals surface area contributed by atoms with Gasteiger partial charge in [0.1, 0.15) is 24.0 Å². The summed E-state index contributed by atoms with van der Waals surface area (Å²) in [5.74, 6) is -0.377. The van der Waals surface area contributed by atoms with Crippen molar-refractivity contribution >= 4 is 27.5 Å². The highest BCUT2D eigenvalue weighted by Crippen LogP contribution is 2.24. The summed E-state index contributed by atoms with van der Waals surface area (Å²) < 4.78 is 32.1. The van der Waals surface area contributed by atoms with E-state index in [2.05, 4.69) is 15.9 Å². The van der Waals surface area contributed by atoms with Gasteiger partial charge in [-0.1, -0.05) is 17.7 Å². The minimum Gasteiger partial charge on any atom is -0.489 e. The standard InChI is InChI=1S/C13H8BrClF2O/c14-10-6-8(4-5-13(10)17)18-7-9-11(15)2-1-3-12(9)16/h1-6H,7H2. The highest BCUT2D eigenvalue weighted by atomic mass is 79.9. The molecule has 2 aromatic rings. The summed E-state index contributed by atoms with van der Waals surface area (Å²) in [6, 6.07) is 8.63. The molecular formula is C13H8BrClF2O. The van der Waals surface area contributed by atoms with Crippen molar-refractivity contribution in [2.75, 3.05) is 0 Å². The molecule has 0 radical (unpaired) electrons. The Morgan fingerprint density at radius 2 is 1.89 bits per heavy atom. The Bertz CT molecular complexity index is 555. The molecule has 94 valence electrons. The van der Waals surface area contributed by atoms with Gasteiger partial charge in [0.05, 0.1) is 9.50 Å². The maximum Gasteiger partial charge on any atom is 0.137 e. The molecule has 0 heterocycles. The Kier molecular flexibility index (Phi) is 4.19. The molecule has 0 unspecified atom stereocenters. The predicted molar refractivity (Wildman–Crippen MR) is 69.8 cm³/mol. The number of benzene rings is 2. The van der Waals surface area contributed by atoms with Crippen molar-refractivity contribution in [1.29, 1.82) is 0 Å². The van der Waals surface area contributed by atoms with Crippen molar-refractivity contribution in [3.8, 4) is 5.75 Å². The zero-order valence-corrected chi connectivity index (χ0v) is 11.4. The first-order valence-electron chi connectivity index (χ1n) is 5.08. The van der Waals surface area contributed by atoms with Crippen LogP contribution < -0.4 is 4.74 Å². The van der Waals surface area contributed by atoms with Gasteiger partial charge in [0.2, 0.25) is 0 Å². The molecule has 0 aliphatic carbocycles. The Labute approximate surface area is 116 Å². The van der Waals surface area contributed by atoms with Crippen LogP contribution in [0.3, 0.4) is 0 Å². The van der Waals surface area contributed by atoms with Crippen LogP contribution in [0.5, 0.6) is 5.75 Å². The second kappa shape index (κ2) is 5.67. The van der Waals surface area contributed by atoms with Crippen LogP contribution in [0.15, 0.2) is 40.9 Å². The summed E-state index contributed by atoms with van der Waals surface area (Å²) in [6.45, 7) is -0.0103. The van der Waals surface area contributed by atoms with E-state index in [1.54, 1.807) is 6.07 Å². The van der Waals surface area contributed by atoms with Crippen molar-refractivity contribution < 1.29 is 13.5 Å². The minimum absolute atomic E-state index is 0.0103. The SMILES string of the molecule is Fc1ccc(OCc2c(F)cccc2Cl)cc1Br. The van der Waals surface area contributed by atoms with Crippen molar-refractivity contribution in [3.05, 3.63) is 63.1 Å². The summed E-state index contributed by atoms with van der Waals surface area (Å²) in [6.07, 6.45) is 0. The Hall–Kier alpha value is -1.13. The van der Waals surface area contributed by atoms with Gasteiger partial charge < -0.3 is 4.74 Å². The molecule has 0 amide bonds. The smallest absolute Gasteiger partial charge is 0.137 e. The van der Waals surface area contributed by atoms with Gasteiger partial charge in [0, 0.05) is 5.56 Å². The van der Waals surface area contributed by atoms with E-state index in [0.717, 1.165) is 0 Å². The molecule has 0 spiro atoms. The minimum atomic E-state index is -0.427. The molecule has 0 saturated carbocycles. The molecule has 2 aromatic carbocycles. The number of hydrogen-bond donors (Lipinski definition) is 0. The monoisotopic (exact) mass is 332 g/mol. The van der Waals surface area contributed by atoms with Crippen molar-refractivity contribution in [1.82, 2.24) is 0 Å². The van der Waals surface area contributed by atoms with E-state index >= 15 is 0 Å². The molecule has 0 bridgehead atoms. The van der Waals surface area contributed by atoms with E-state index < -0.39 is 5.82 Å². The van der Waals surface area contributed by atoms with E-state index in [1.165, 1.54) is 30.3 Å². The fourth-order valence-corrected chi connectivity index (χ4v) is 1.97. The van der Waals surface area contributed by atoms with E-state index in [-0.39, 0.29) is 18.0 Å². The van der Waals surface area contributed by atoms with Crippen LogP contribution in [0.2, 0.25) is 5.02 Å². The van der Waals surface area contributed by atoms with E-state index in [0.29, 0.717) is 15.2 Å². The summed E-state index contributed by atoms with van der Waals surface area (Å²) in [4.78, 5) is 0. The zero-order valence-electron chi connectivity index (χ0n) is 9.09. The molecule has 2 rings (SSSR count). The number of halogens is 4. The van der Waals surface area contributed by atoms with Gasteiger partial charge in [-0.05, 0) is 46.3 Å². The number of hydrogen-bond acceptors (Lipinski definition) is 1. The lowest BCUT2D eigenvalue weighted by molar-refractivity contribution is 0.299. The van der Waals surface area contributed by atoms with E-state index in [4.69, 9.17) is 16.3 Å². The zero-order chi connectivity index (χ0) is 13.1. The second-order valence-corrected chi connectivity index (χ2v) is 4.83. The van der Waals surface area contributed by atoms with Gasteiger partial charge in [-0.3, -0.25) is 0 Å². The van der Waals surface area contributed by atoms with Crippen LogP contribution >= 0.6 is 27.5 Å². The first-order chi connectivity index (χ1) is 8.58. The Balaban J connectivity index is 2.14. The van der Waals surface area contributed by atoms with Gasteiger partial charge in [0.25, 0.3) is 0 Å². The molecule has 0 aromatic heterocycles. The molecule has 0 fully saturated rings. The summed E-state index contributed by atoms with van der Waals surface area (Å²) in [5.41, 5.74) is 0.277. The lowest BCUT2D eigenvalue weighted by Crippen LogP contribution is -1.99. The largest absolute Gasteiger partial charge is 0.489 e. The van der Waals surface area contributed by atoms with Gasteiger partial charge >= 0.3 is 0 Å². The van der Waals surface area contributed by atoms with E-state index in [9.17, 15) is 8.78 Å². The van der Waals surface area contributed by atoms with Crippen LogP contribution in [-0.2, 0) is 6.61 Å². The predicted octanol–water partition coefficient (Wildman–Crippen LogP) is 4.96. The first kappa shape index (κ1) is 13.3. The lowest BCUT2D eigenvalue weighted by Gasteiger charge is -2.09. The van der Waals surface area contributed by atoms with Crippen LogP contribution in [0, 0.1) is 11.6 Å². The molecule has 1 nitrogen and oxygen atoms in total. The topological polar surface area (TPSA) is 9.23 Å². The Morgan fingerprint density at radius 3 is 2.56 bits per heavy atom. The van der Waals surface area contributed by atoms with E-state index in [1.807, 2.05) is 0 Å². The molecule has 5 heteroatoms. The highest BCUT2D eigenvalue weighted by Gasteiger charge is 2.08. The van der Waals surface area contributed by atoms with Crippen LogP contribution in [-0.4, -0.2) is 0 Å². The summed E-state index contributed by atoms with van der Waals surface area (Å²) >= 11 is 8.91. The maximum absolute atomic E-state index is 13.5. The van der Waals surface area contributed by atoms with Crippen molar-refractivity contribution in [2.45, 2.75) is 6.61 Å². The third kappa shape index (κ3) is 3.00. The van der Waals surface area contributed by atoms with Crippen molar-refractivity contribution in [2.24, 2.45) is 0 Å². The second-order valence-electron chi connectivity index (χ2n) is 3.56. The quantitative estimate of drug-likeness (QED) is 0.771. The summed E-state index contributed by atoms with van der Waals surface area (Å²) in [7, 11) is 0.